The second-order valence-electron chi connectivity index (χ2n) is 3.69. The van der Waals surface area contributed by atoms with E-state index in [4.69, 9.17) is 16.3 Å². The first-order valence-corrected chi connectivity index (χ1v) is 6.73. The second kappa shape index (κ2) is 6.15. The van der Waals surface area contributed by atoms with Crippen LogP contribution >= 0.6 is 23.4 Å². The minimum Gasteiger partial charge on any atom is -0.381 e. The van der Waals surface area contributed by atoms with Crippen LogP contribution in [0.25, 0.3) is 0 Å². The van der Waals surface area contributed by atoms with E-state index in [9.17, 15) is 0 Å². The maximum absolute atomic E-state index is 6.05. The third kappa shape index (κ3) is 3.69. The van der Waals surface area contributed by atoms with Crippen molar-refractivity contribution < 1.29 is 4.74 Å². The van der Waals surface area contributed by atoms with Gasteiger partial charge in [0.05, 0.1) is 0 Å². The number of hydrogen-bond donors (Lipinski definition) is 0. The Hall–Kier alpha value is 0.600. The topological polar surface area (TPSA) is 9.23 Å². The van der Waals surface area contributed by atoms with E-state index in [0.717, 1.165) is 31.9 Å². The minimum atomic E-state index is 0.391. The monoisotopic (exact) mass is 222 g/mol. The molecule has 0 aromatic heterocycles. The van der Waals surface area contributed by atoms with Crippen molar-refractivity contribution in [1.82, 2.24) is 0 Å². The molecule has 1 aliphatic heterocycles. The predicted molar refractivity (Wildman–Crippen MR) is 60.8 cm³/mol. The molecule has 0 N–H and O–H groups in total. The first kappa shape index (κ1) is 11.7. The molecule has 0 atom stereocenters. The van der Waals surface area contributed by atoms with Gasteiger partial charge in [0.25, 0.3) is 0 Å². The molecule has 1 heterocycles. The summed E-state index contributed by atoms with van der Waals surface area (Å²) < 4.78 is 5.37. The molecule has 0 amide bonds. The predicted octanol–water partition coefficient (Wildman–Crippen LogP) is 3.17. The molecule has 0 aliphatic carbocycles. The lowest BCUT2D eigenvalue weighted by Crippen LogP contribution is -2.31. The van der Waals surface area contributed by atoms with Crippen LogP contribution in [-0.2, 0) is 4.74 Å². The van der Waals surface area contributed by atoms with Crippen molar-refractivity contribution in [2.75, 3.05) is 30.6 Å². The average Bonchev–Trinajstić information content (AvgIpc) is 2.20. The van der Waals surface area contributed by atoms with Gasteiger partial charge in [-0.1, -0.05) is 6.92 Å². The van der Waals surface area contributed by atoms with Crippen LogP contribution in [0.2, 0.25) is 0 Å². The van der Waals surface area contributed by atoms with Crippen molar-refractivity contribution in [1.29, 1.82) is 0 Å². The van der Waals surface area contributed by atoms with Gasteiger partial charge in [-0.3, -0.25) is 0 Å². The molecule has 0 spiro atoms. The van der Waals surface area contributed by atoms with Gasteiger partial charge < -0.3 is 4.74 Å². The van der Waals surface area contributed by atoms with Crippen LogP contribution in [0.15, 0.2) is 0 Å². The number of thioether (sulfide) groups is 1. The van der Waals surface area contributed by atoms with Gasteiger partial charge in [-0.05, 0) is 36.2 Å². The van der Waals surface area contributed by atoms with Crippen molar-refractivity contribution in [2.24, 2.45) is 5.41 Å². The number of alkyl halides is 1. The third-order valence-corrected chi connectivity index (χ3v) is 4.29. The zero-order valence-electron chi connectivity index (χ0n) is 8.35. The lowest BCUT2D eigenvalue weighted by Gasteiger charge is -2.35. The van der Waals surface area contributed by atoms with Crippen molar-refractivity contribution in [3.05, 3.63) is 0 Å². The smallest absolute Gasteiger partial charge is 0.0471 e. The van der Waals surface area contributed by atoms with Crippen molar-refractivity contribution >= 4 is 23.4 Å². The van der Waals surface area contributed by atoms with Gasteiger partial charge in [0.15, 0.2) is 0 Å². The van der Waals surface area contributed by atoms with E-state index >= 15 is 0 Å². The maximum Gasteiger partial charge on any atom is 0.0471 e. The minimum absolute atomic E-state index is 0.391. The third-order valence-electron chi connectivity index (χ3n) is 2.82. The summed E-state index contributed by atoms with van der Waals surface area (Å²) in [4.78, 5) is 0. The molecule has 1 aliphatic rings. The molecule has 0 unspecified atom stereocenters. The van der Waals surface area contributed by atoms with E-state index < -0.39 is 0 Å². The Labute approximate surface area is 90.6 Å². The van der Waals surface area contributed by atoms with Crippen LogP contribution in [0.1, 0.15) is 26.2 Å². The number of ether oxygens (including phenoxy) is 1. The number of rotatable bonds is 5. The molecule has 78 valence electrons. The second-order valence-corrected chi connectivity index (χ2v) is 5.35. The normalized spacial score (nSPS) is 21.7. The summed E-state index contributed by atoms with van der Waals surface area (Å²) in [5.74, 6) is 3.28. The lowest BCUT2D eigenvalue weighted by molar-refractivity contribution is 0.0244. The van der Waals surface area contributed by atoms with Gasteiger partial charge in [0.1, 0.15) is 0 Å². The standard InChI is InChI=1S/C10H19ClOS/c1-2-13-8-5-10(9-11)3-6-12-7-4-10/h2-9H2,1H3. The van der Waals surface area contributed by atoms with E-state index in [0.29, 0.717) is 5.41 Å². The Morgan fingerprint density at radius 3 is 2.62 bits per heavy atom. The quantitative estimate of drug-likeness (QED) is 0.522. The molecule has 1 saturated heterocycles. The van der Waals surface area contributed by atoms with Gasteiger partial charge in [-0.15, -0.1) is 11.6 Å². The van der Waals surface area contributed by atoms with E-state index in [1.807, 2.05) is 11.8 Å². The molecule has 0 aromatic carbocycles. The molecule has 1 rings (SSSR count). The Bertz CT molecular complexity index is 135. The number of hydrogen-bond acceptors (Lipinski definition) is 2. The van der Waals surface area contributed by atoms with Crippen molar-refractivity contribution in [3.8, 4) is 0 Å². The zero-order valence-corrected chi connectivity index (χ0v) is 9.92. The molecule has 3 heteroatoms. The molecule has 0 bridgehead atoms. The van der Waals surface area contributed by atoms with Crippen molar-refractivity contribution in [3.63, 3.8) is 0 Å². The highest BCUT2D eigenvalue weighted by atomic mass is 35.5. The Morgan fingerprint density at radius 1 is 1.38 bits per heavy atom. The summed E-state index contributed by atoms with van der Waals surface area (Å²) in [6, 6.07) is 0. The largest absolute Gasteiger partial charge is 0.381 e. The fraction of sp³-hybridized carbons (Fsp3) is 1.00. The molecular formula is C10H19ClOS. The fourth-order valence-corrected chi connectivity index (χ4v) is 2.95. The summed E-state index contributed by atoms with van der Waals surface area (Å²) in [7, 11) is 0. The van der Waals surface area contributed by atoms with Crippen LogP contribution in [0.3, 0.4) is 0 Å². The molecule has 1 nitrogen and oxygen atoms in total. The molecule has 1 fully saturated rings. The zero-order chi connectivity index (χ0) is 9.57. The van der Waals surface area contributed by atoms with Gasteiger partial charge >= 0.3 is 0 Å². The van der Waals surface area contributed by atoms with Crippen LogP contribution in [-0.4, -0.2) is 30.6 Å². The molecule has 0 saturated carbocycles. The van der Waals surface area contributed by atoms with Gasteiger partial charge in [-0.2, -0.15) is 11.8 Å². The van der Waals surface area contributed by atoms with Gasteiger partial charge in [0, 0.05) is 19.1 Å². The van der Waals surface area contributed by atoms with E-state index in [2.05, 4.69) is 6.92 Å². The average molecular weight is 223 g/mol. The van der Waals surface area contributed by atoms with Gasteiger partial charge in [-0.25, -0.2) is 0 Å². The Kier molecular flexibility index (Phi) is 5.52. The Morgan fingerprint density at radius 2 is 2.08 bits per heavy atom. The highest BCUT2D eigenvalue weighted by molar-refractivity contribution is 7.99. The van der Waals surface area contributed by atoms with Gasteiger partial charge in [0.2, 0.25) is 0 Å². The summed E-state index contributed by atoms with van der Waals surface area (Å²) in [5.41, 5.74) is 0.391. The van der Waals surface area contributed by atoms with Crippen LogP contribution < -0.4 is 0 Å². The van der Waals surface area contributed by atoms with E-state index in [1.165, 1.54) is 17.9 Å². The first-order chi connectivity index (χ1) is 6.33. The van der Waals surface area contributed by atoms with E-state index in [-0.39, 0.29) is 0 Å². The summed E-state index contributed by atoms with van der Waals surface area (Å²) in [5, 5.41) is 0. The highest BCUT2D eigenvalue weighted by Crippen LogP contribution is 2.36. The fourth-order valence-electron chi connectivity index (χ4n) is 1.69. The lowest BCUT2D eigenvalue weighted by atomic mass is 9.80. The summed E-state index contributed by atoms with van der Waals surface area (Å²) in [6.45, 7) is 4.02. The highest BCUT2D eigenvalue weighted by Gasteiger charge is 2.30. The molecule has 0 radical (unpaired) electrons. The molecule has 0 aromatic rings. The Balaban J connectivity index is 2.29. The van der Waals surface area contributed by atoms with Crippen LogP contribution in [0, 0.1) is 5.41 Å². The summed E-state index contributed by atoms with van der Waals surface area (Å²) in [6.07, 6.45) is 3.57. The maximum atomic E-state index is 6.05. The van der Waals surface area contributed by atoms with Crippen molar-refractivity contribution in [2.45, 2.75) is 26.2 Å². The van der Waals surface area contributed by atoms with Crippen LogP contribution in [0.4, 0.5) is 0 Å². The molecular weight excluding hydrogens is 204 g/mol. The molecule has 13 heavy (non-hydrogen) atoms. The first-order valence-electron chi connectivity index (χ1n) is 5.04. The van der Waals surface area contributed by atoms with E-state index in [1.54, 1.807) is 0 Å². The van der Waals surface area contributed by atoms with Crippen LogP contribution in [0.5, 0.6) is 0 Å². The summed E-state index contributed by atoms with van der Waals surface area (Å²) >= 11 is 8.07. The number of halogens is 1. The SMILES string of the molecule is CCSCCC1(CCl)CCOCC1.